The molecule has 0 aliphatic rings. The standard InChI is InChI=1S/C17H27NO2/c1-16(2,3)13-9-7-12(8-10-13)14(17(4,5)18)11-15(19)20-6/h7-10,14H,11,18H2,1-6H3. The fourth-order valence-corrected chi connectivity index (χ4v) is 2.28. The number of carbonyl (C=O) groups is 1. The van der Waals surface area contributed by atoms with Gasteiger partial charge in [0, 0.05) is 11.5 Å². The SMILES string of the molecule is COC(=O)CC(c1ccc(C(C)(C)C)cc1)C(C)(C)N. The zero-order valence-corrected chi connectivity index (χ0v) is 13.5. The van der Waals surface area contributed by atoms with Crippen LogP contribution < -0.4 is 5.73 Å². The number of esters is 1. The van der Waals surface area contributed by atoms with Crippen LogP contribution in [0.15, 0.2) is 24.3 Å². The molecule has 112 valence electrons. The molecule has 0 radical (unpaired) electrons. The normalized spacial score (nSPS) is 13.9. The maximum Gasteiger partial charge on any atom is 0.306 e. The molecule has 0 saturated heterocycles. The highest BCUT2D eigenvalue weighted by Crippen LogP contribution is 2.31. The first-order valence-corrected chi connectivity index (χ1v) is 7.02. The van der Waals surface area contributed by atoms with Crippen molar-refractivity contribution in [3.05, 3.63) is 35.4 Å². The van der Waals surface area contributed by atoms with E-state index < -0.39 is 5.54 Å². The number of benzene rings is 1. The number of ether oxygens (including phenoxy) is 1. The fourth-order valence-electron chi connectivity index (χ4n) is 2.28. The molecule has 0 amide bonds. The van der Waals surface area contributed by atoms with Crippen LogP contribution in [-0.4, -0.2) is 18.6 Å². The van der Waals surface area contributed by atoms with Crippen LogP contribution in [0, 0.1) is 0 Å². The average Bonchev–Trinajstić information content (AvgIpc) is 2.33. The lowest BCUT2D eigenvalue weighted by Gasteiger charge is -2.31. The topological polar surface area (TPSA) is 52.3 Å². The molecule has 3 heteroatoms. The summed E-state index contributed by atoms with van der Waals surface area (Å²) >= 11 is 0. The van der Waals surface area contributed by atoms with Crippen molar-refractivity contribution in [2.75, 3.05) is 7.11 Å². The van der Waals surface area contributed by atoms with Gasteiger partial charge >= 0.3 is 5.97 Å². The van der Waals surface area contributed by atoms with Gasteiger partial charge in [-0.05, 0) is 30.4 Å². The maximum atomic E-state index is 11.6. The summed E-state index contributed by atoms with van der Waals surface area (Å²) in [5.74, 6) is -0.280. The van der Waals surface area contributed by atoms with Crippen molar-refractivity contribution in [3.63, 3.8) is 0 Å². The van der Waals surface area contributed by atoms with Gasteiger partial charge in [0.25, 0.3) is 0 Å². The maximum absolute atomic E-state index is 11.6. The van der Waals surface area contributed by atoms with E-state index in [1.165, 1.54) is 12.7 Å². The lowest BCUT2D eigenvalue weighted by Crippen LogP contribution is -2.40. The number of carbonyl (C=O) groups excluding carboxylic acids is 1. The van der Waals surface area contributed by atoms with Gasteiger partial charge in [0.05, 0.1) is 13.5 Å². The molecule has 0 saturated carbocycles. The first kappa shape index (κ1) is 16.7. The van der Waals surface area contributed by atoms with E-state index in [1.54, 1.807) is 0 Å². The summed E-state index contributed by atoms with van der Waals surface area (Å²) in [6.07, 6.45) is 0.300. The molecule has 1 unspecified atom stereocenters. The zero-order valence-electron chi connectivity index (χ0n) is 13.5. The van der Waals surface area contributed by atoms with Crippen LogP contribution in [0.4, 0.5) is 0 Å². The quantitative estimate of drug-likeness (QED) is 0.858. The Morgan fingerprint density at radius 2 is 1.65 bits per heavy atom. The van der Waals surface area contributed by atoms with Crippen molar-refractivity contribution in [2.24, 2.45) is 5.73 Å². The first-order chi connectivity index (χ1) is 9.05. The van der Waals surface area contributed by atoms with Gasteiger partial charge in [-0.3, -0.25) is 4.79 Å². The Bertz CT molecular complexity index is 449. The molecular formula is C17H27NO2. The number of nitrogens with two attached hydrogens (primary N) is 1. The summed E-state index contributed by atoms with van der Waals surface area (Å²) < 4.78 is 4.78. The third kappa shape index (κ3) is 4.34. The predicted molar refractivity (Wildman–Crippen MR) is 82.8 cm³/mol. The minimum Gasteiger partial charge on any atom is -0.469 e. The molecule has 0 bridgehead atoms. The van der Waals surface area contributed by atoms with E-state index in [0.717, 1.165) is 5.56 Å². The first-order valence-electron chi connectivity index (χ1n) is 7.02. The Hall–Kier alpha value is -1.35. The molecule has 1 rings (SSSR count). The van der Waals surface area contributed by atoms with E-state index in [-0.39, 0.29) is 17.3 Å². The molecule has 20 heavy (non-hydrogen) atoms. The molecule has 0 aliphatic heterocycles. The van der Waals surface area contributed by atoms with Crippen molar-refractivity contribution >= 4 is 5.97 Å². The Kier molecular flexibility index (Phi) is 4.98. The number of hydrogen-bond acceptors (Lipinski definition) is 3. The molecule has 3 nitrogen and oxygen atoms in total. The van der Waals surface area contributed by atoms with Crippen molar-refractivity contribution in [3.8, 4) is 0 Å². The van der Waals surface area contributed by atoms with E-state index in [0.29, 0.717) is 6.42 Å². The van der Waals surface area contributed by atoms with Crippen LogP contribution in [0.3, 0.4) is 0 Å². The molecule has 1 aromatic rings. The van der Waals surface area contributed by atoms with Gasteiger partial charge in [0.2, 0.25) is 0 Å². The van der Waals surface area contributed by atoms with Crippen LogP contribution >= 0.6 is 0 Å². The molecule has 0 heterocycles. The minimum atomic E-state index is -0.475. The number of methoxy groups -OCH3 is 1. The molecule has 1 atom stereocenters. The van der Waals surface area contributed by atoms with Gasteiger partial charge in [-0.2, -0.15) is 0 Å². The zero-order chi connectivity index (χ0) is 15.6. The van der Waals surface area contributed by atoms with Crippen molar-refractivity contribution in [2.45, 2.75) is 57.9 Å². The van der Waals surface area contributed by atoms with Gasteiger partial charge in [-0.1, -0.05) is 45.0 Å². The number of hydrogen-bond donors (Lipinski definition) is 1. The third-order valence-electron chi connectivity index (χ3n) is 3.68. The molecule has 2 N–H and O–H groups in total. The second-order valence-electron chi connectivity index (χ2n) is 7.03. The molecule has 0 aromatic heterocycles. The second kappa shape index (κ2) is 5.96. The minimum absolute atomic E-state index is 0.0519. The molecule has 0 fully saturated rings. The summed E-state index contributed by atoms with van der Waals surface area (Å²) in [7, 11) is 1.41. The highest BCUT2D eigenvalue weighted by Gasteiger charge is 2.29. The van der Waals surface area contributed by atoms with Crippen molar-refractivity contribution < 1.29 is 9.53 Å². The lowest BCUT2D eigenvalue weighted by atomic mass is 9.79. The van der Waals surface area contributed by atoms with Crippen LogP contribution in [-0.2, 0) is 14.9 Å². The van der Waals surface area contributed by atoms with E-state index >= 15 is 0 Å². The highest BCUT2D eigenvalue weighted by atomic mass is 16.5. The number of rotatable bonds is 4. The summed E-state index contributed by atoms with van der Waals surface area (Å²) in [5.41, 5.74) is 8.23. The van der Waals surface area contributed by atoms with E-state index in [4.69, 9.17) is 10.5 Å². The summed E-state index contributed by atoms with van der Waals surface area (Å²) in [6.45, 7) is 10.4. The van der Waals surface area contributed by atoms with Gasteiger partial charge in [0.15, 0.2) is 0 Å². The summed E-state index contributed by atoms with van der Waals surface area (Å²) in [4.78, 5) is 11.6. The Morgan fingerprint density at radius 3 is 2.00 bits per heavy atom. The van der Waals surface area contributed by atoms with Crippen LogP contribution in [0.25, 0.3) is 0 Å². The van der Waals surface area contributed by atoms with Gasteiger partial charge in [-0.25, -0.2) is 0 Å². The molecular weight excluding hydrogens is 250 g/mol. The highest BCUT2D eigenvalue weighted by molar-refractivity contribution is 5.70. The van der Waals surface area contributed by atoms with Gasteiger partial charge in [-0.15, -0.1) is 0 Å². The summed E-state index contributed by atoms with van der Waals surface area (Å²) in [6, 6.07) is 8.38. The van der Waals surface area contributed by atoms with E-state index in [2.05, 4.69) is 45.0 Å². The van der Waals surface area contributed by atoms with Crippen molar-refractivity contribution in [1.29, 1.82) is 0 Å². The molecule has 0 spiro atoms. The van der Waals surface area contributed by atoms with Crippen LogP contribution in [0.5, 0.6) is 0 Å². The van der Waals surface area contributed by atoms with Gasteiger partial charge in [0.1, 0.15) is 0 Å². The summed E-state index contributed by atoms with van der Waals surface area (Å²) in [5, 5.41) is 0. The fraction of sp³-hybridized carbons (Fsp3) is 0.588. The predicted octanol–water partition coefficient (Wildman–Crippen LogP) is 3.37. The Balaban J connectivity index is 3.06. The molecule has 1 aromatic carbocycles. The van der Waals surface area contributed by atoms with Gasteiger partial charge < -0.3 is 10.5 Å². The monoisotopic (exact) mass is 277 g/mol. The largest absolute Gasteiger partial charge is 0.469 e. The second-order valence-corrected chi connectivity index (χ2v) is 7.03. The van der Waals surface area contributed by atoms with Crippen LogP contribution in [0.1, 0.15) is 58.1 Å². The Labute approximate surface area is 122 Å². The average molecular weight is 277 g/mol. The smallest absolute Gasteiger partial charge is 0.306 e. The third-order valence-corrected chi connectivity index (χ3v) is 3.68. The molecule has 0 aliphatic carbocycles. The Morgan fingerprint density at radius 1 is 1.15 bits per heavy atom. The van der Waals surface area contributed by atoms with Crippen molar-refractivity contribution in [1.82, 2.24) is 0 Å². The lowest BCUT2D eigenvalue weighted by molar-refractivity contribution is -0.141. The van der Waals surface area contributed by atoms with E-state index in [1.807, 2.05) is 13.8 Å². The van der Waals surface area contributed by atoms with E-state index in [9.17, 15) is 4.79 Å². The van der Waals surface area contributed by atoms with Crippen LogP contribution in [0.2, 0.25) is 0 Å².